The highest BCUT2D eigenvalue weighted by molar-refractivity contribution is 5.85. The number of hydrogen-bond acceptors (Lipinski definition) is 4. The molecule has 98 heavy (non-hydrogen) atoms. The molecule has 16 rings (SSSR count). The van der Waals surface area contributed by atoms with Gasteiger partial charge in [-0.3, -0.25) is 19.9 Å². The van der Waals surface area contributed by atoms with Gasteiger partial charge in [0.25, 0.3) is 0 Å². The molecule has 0 bridgehead atoms. The van der Waals surface area contributed by atoms with E-state index in [1.54, 1.807) is 0 Å². The van der Waals surface area contributed by atoms with Crippen LogP contribution in [0.5, 0.6) is 0 Å². The standard InChI is InChI=1S/C25H29N2.C23H25N2.2C21H21N2/c1-16-7-8-21-20-10-9-19(17(2)22(20)14-23(21)26-16)24-13-18(11-12-27(24)6)15-25(3,4)5;1-14(2)17-10-11-25(5)23(12-17)18-8-9-19-20-7-6-15(3)24-22(20)13-21(19)16(18)4;1-13-5-10-21(23(4)12-13)16-8-9-17-18-7-6-14(2)22-20(18)11-19(17)15(16)3;1-13-9-10-23(4)21(11-13)16-7-8-17-18-6-5-14(2)22-20(18)12-19(17)15(16)3/h7-13H,14-15H2,1-6H3;6-12,14H,13H2,1-5H3;5-10,12H,11H2,1-4H3;5-11H,12H2,1-4H3/q4*+1. The molecule has 0 atom stereocenters. The molecule has 12 aromatic rings. The lowest BCUT2D eigenvalue weighted by atomic mass is 9.87. The highest BCUT2D eigenvalue weighted by Crippen LogP contribution is 2.45. The molecule has 0 saturated heterocycles. The molecule has 492 valence electrons. The largest absolute Gasteiger partial charge is 0.257 e. The fraction of sp³-hybridized carbons (Fsp3) is 0.289. The molecule has 4 aliphatic rings. The molecule has 0 spiro atoms. The second-order valence-corrected chi connectivity index (χ2v) is 29.8. The van der Waals surface area contributed by atoms with Crippen LogP contribution < -0.4 is 18.3 Å². The maximum Gasteiger partial charge on any atom is 0.212 e. The molecule has 4 aliphatic carbocycles. The van der Waals surface area contributed by atoms with E-state index in [2.05, 4.69) is 321 Å². The Bertz CT molecular complexity index is 5190. The number of hydrogen-bond donors (Lipinski definition) is 0. The lowest BCUT2D eigenvalue weighted by molar-refractivity contribution is -0.660. The van der Waals surface area contributed by atoms with E-state index in [4.69, 9.17) is 19.9 Å². The zero-order valence-corrected chi connectivity index (χ0v) is 61.4. The van der Waals surface area contributed by atoms with Gasteiger partial charge in [-0.1, -0.05) is 83.1 Å². The van der Waals surface area contributed by atoms with E-state index in [0.717, 1.165) is 54.9 Å². The second-order valence-electron chi connectivity index (χ2n) is 29.8. The van der Waals surface area contributed by atoms with Crippen LogP contribution in [0.15, 0.2) is 170 Å². The van der Waals surface area contributed by atoms with Crippen LogP contribution in [0.4, 0.5) is 0 Å². The van der Waals surface area contributed by atoms with Gasteiger partial charge in [-0.2, -0.15) is 0 Å². The Morgan fingerprint density at radius 3 is 1.02 bits per heavy atom. The summed E-state index contributed by atoms with van der Waals surface area (Å²) >= 11 is 0. The van der Waals surface area contributed by atoms with E-state index < -0.39 is 0 Å². The van der Waals surface area contributed by atoms with E-state index in [1.807, 2.05) is 0 Å². The summed E-state index contributed by atoms with van der Waals surface area (Å²) in [5, 5.41) is 0. The lowest BCUT2D eigenvalue weighted by Gasteiger charge is -2.18. The van der Waals surface area contributed by atoms with Gasteiger partial charge >= 0.3 is 0 Å². The van der Waals surface area contributed by atoms with E-state index >= 15 is 0 Å². The van der Waals surface area contributed by atoms with Crippen molar-refractivity contribution in [1.29, 1.82) is 0 Å². The Labute approximate surface area is 582 Å². The SMILES string of the molecule is Cc1cc[n+](C)c(-c2ccc3c(c2C)Cc2nc(C)ccc2-3)c1.Cc1ccc(-c2ccc3c(c2C)Cc2nc(C)ccc2-3)[n+](C)c1.Cc1ccc2c(n1)Cc1c-2ccc(-c2cc(C(C)C)cc[n+]2C)c1C.Cc1ccc2c(n1)Cc1c-2ccc(-c2cc(CC(C)(C)C)cc[n+]2C)c1C. The molecule has 8 nitrogen and oxygen atoms in total. The minimum Gasteiger partial charge on any atom is -0.257 e. The number of pyridine rings is 8. The molecule has 0 amide bonds. The lowest BCUT2D eigenvalue weighted by Crippen LogP contribution is -2.31. The molecule has 0 saturated carbocycles. The first-order valence-electron chi connectivity index (χ1n) is 35.1. The van der Waals surface area contributed by atoms with Crippen LogP contribution >= 0.6 is 0 Å². The third kappa shape index (κ3) is 13.0. The first-order valence-corrected chi connectivity index (χ1v) is 35.1. The molecule has 8 aromatic heterocycles. The van der Waals surface area contributed by atoms with Crippen LogP contribution in [-0.2, 0) is 60.3 Å². The highest BCUT2D eigenvalue weighted by atomic mass is 14.9. The van der Waals surface area contributed by atoms with Crippen LogP contribution in [-0.4, -0.2) is 19.9 Å². The first kappa shape index (κ1) is 66.7. The smallest absolute Gasteiger partial charge is 0.212 e. The van der Waals surface area contributed by atoms with Gasteiger partial charge in [0.2, 0.25) is 22.8 Å². The molecule has 0 fully saturated rings. The fourth-order valence-electron chi connectivity index (χ4n) is 15.5. The molecule has 0 N–H and O–H groups in total. The van der Waals surface area contributed by atoms with Gasteiger partial charge in [0.1, 0.15) is 28.2 Å². The number of rotatable bonds is 6. The maximum absolute atomic E-state index is 4.78. The zero-order chi connectivity index (χ0) is 69.3. The van der Waals surface area contributed by atoms with E-state index in [1.165, 1.54) is 179 Å². The van der Waals surface area contributed by atoms with Crippen molar-refractivity contribution in [2.75, 3.05) is 0 Å². The van der Waals surface area contributed by atoms with Crippen molar-refractivity contribution in [1.82, 2.24) is 19.9 Å². The Hall–Kier alpha value is -9.92. The van der Waals surface area contributed by atoms with Crippen molar-refractivity contribution in [3.05, 3.63) is 283 Å². The van der Waals surface area contributed by atoms with Crippen molar-refractivity contribution in [3.63, 3.8) is 0 Å². The van der Waals surface area contributed by atoms with Crippen LogP contribution in [0.1, 0.15) is 153 Å². The average Bonchev–Trinajstić information content (AvgIpc) is 1.55. The van der Waals surface area contributed by atoms with Crippen molar-refractivity contribution < 1.29 is 18.3 Å². The topological polar surface area (TPSA) is 67.1 Å². The zero-order valence-electron chi connectivity index (χ0n) is 61.4. The molecule has 4 aromatic carbocycles. The molecule has 0 aliphatic heterocycles. The first-order chi connectivity index (χ1) is 46.8. The summed E-state index contributed by atoms with van der Waals surface area (Å²) in [6.45, 7) is 33.0. The van der Waals surface area contributed by atoms with Gasteiger partial charge in [-0.15, -0.1) is 0 Å². The third-order valence-corrected chi connectivity index (χ3v) is 20.9. The molecule has 8 heterocycles. The Morgan fingerprint density at radius 1 is 0.327 bits per heavy atom. The summed E-state index contributed by atoms with van der Waals surface area (Å²) in [5.74, 6) is 0.533. The summed E-state index contributed by atoms with van der Waals surface area (Å²) in [4.78, 5) is 19.0. The minimum absolute atomic E-state index is 0.287. The maximum atomic E-state index is 4.78. The molecule has 8 heteroatoms. The van der Waals surface area contributed by atoms with Crippen molar-refractivity contribution in [2.45, 2.75) is 142 Å². The van der Waals surface area contributed by atoms with E-state index in [0.29, 0.717) is 5.92 Å². The van der Waals surface area contributed by atoms with Gasteiger partial charge in [0, 0.05) is 141 Å². The molecular formula is C90H96N8+4. The Balaban J connectivity index is 0.000000118. The van der Waals surface area contributed by atoms with Crippen LogP contribution in [0.3, 0.4) is 0 Å². The normalized spacial score (nSPS) is 12.4. The Morgan fingerprint density at radius 2 is 0.653 bits per heavy atom. The quantitative estimate of drug-likeness (QED) is 0.156. The monoisotopic (exact) mass is 1290 g/mol. The van der Waals surface area contributed by atoms with Gasteiger partial charge in [-0.05, 0) is 225 Å². The second kappa shape index (κ2) is 26.5. The summed E-state index contributed by atoms with van der Waals surface area (Å²) in [6, 6.07) is 53.5. The van der Waals surface area contributed by atoms with Crippen molar-refractivity contribution >= 4 is 0 Å². The fourth-order valence-corrected chi connectivity index (χ4v) is 15.5. The number of aryl methyl sites for hydroxylation is 10. The van der Waals surface area contributed by atoms with E-state index in [-0.39, 0.29) is 5.41 Å². The summed E-state index contributed by atoms with van der Waals surface area (Å²) < 4.78 is 8.89. The minimum atomic E-state index is 0.287. The molecule has 0 radical (unpaired) electrons. The third-order valence-electron chi connectivity index (χ3n) is 20.9. The van der Waals surface area contributed by atoms with Gasteiger partial charge in [-0.25, -0.2) is 18.3 Å². The van der Waals surface area contributed by atoms with Gasteiger partial charge in [0.05, 0.1) is 22.8 Å². The molecular weight excluding hydrogens is 1190 g/mol. The molecule has 0 unspecified atom stereocenters. The van der Waals surface area contributed by atoms with Crippen LogP contribution in [0.2, 0.25) is 0 Å². The van der Waals surface area contributed by atoms with E-state index in [9.17, 15) is 0 Å². The Kier molecular flexibility index (Phi) is 18.0. The number of aromatic nitrogens is 8. The van der Waals surface area contributed by atoms with Crippen LogP contribution in [0.25, 0.3) is 89.5 Å². The van der Waals surface area contributed by atoms with Crippen LogP contribution in [0, 0.1) is 74.7 Å². The summed E-state index contributed by atoms with van der Waals surface area (Å²) in [6.07, 6.45) is 13.6. The predicted octanol–water partition coefficient (Wildman–Crippen LogP) is 18.4. The van der Waals surface area contributed by atoms with Crippen molar-refractivity contribution in [3.8, 4) is 89.5 Å². The highest BCUT2D eigenvalue weighted by Gasteiger charge is 2.30. The number of fused-ring (bicyclic) bond motifs is 12. The summed E-state index contributed by atoms with van der Waals surface area (Å²) in [5.41, 5.74) is 47.1. The predicted molar refractivity (Wildman–Crippen MR) is 401 cm³/mol. The van der Waals surface area contributed by atoms with Crippen molar-refractivity contribution in [2.24, 2.45) is 33.6 Å². The number of benzene rings is 4. The van der Waals surface area contributed by atoms with Gasteiger partial charge < -0.3 is 0 Å². The van der Waals surface area contributed by atoms with Gasteiger partial charge in [0.15, 0.2) is 24.8 Å². The number of nitrogens with zero attached hydrogens (tertiary/aromatic N) is 8. The average molecular weight is 1290 g/mol. The summed E-state index contributed by atoms with van der Waals surface area (Å²) in [7, 11) is 8.50.